The second-order valence-corrected chi connectivity index (χ2v) is 6.18. The molecule has 0 radical (unpaired) electrons. The zero-order valence-electron chi connectivity index (χ0n) is 15.1. The molecule has 0 aliphatic heterocycles. The maximum Gasteiger partial charge on any atom is 0.267 e. The standard InChI is InChI=1S/C19H23N3O4/c1-25-16-9-5-7-14(18(16)26-2)19(24)20-10-11-22-17(23)12-13-6-3-4-8-15(13)21-22/h5,7,9,12H,3-4,6,8,10-11H2,1-2H3,(H,20,24). The molecule has 0 atom stereocenters. The Hall–Kier alpha value is -2.83. The minimum Gasteiger partial charge on any atom is -0.493 e. The molecule has 0 spiro atoms. The Morgan fingerprint density at radius 3 is 2.81 bits per heavy atom. The summed E-state index contributed by atoms with van der Waals surface area (Å²) in [6, 6.07) is 6.80. The van der Waals surface area contributed by atoms with Gasteiger partial charge in [0, 0.05) is 12.6 Å². The molecule has 0 saturated heterocycles. The van der Waals surface area contributed by atoms with Gasteiger partial charge in [0.2, 0.25) is 0 Å². The van der Waals surface area contributed by atoms with Gasteiger partial charge in [-0.25, -0.2) is 4.68 Å². The fourth-order valence-corrected chi connectivity index (χ4v) is 3.20. The lowest BCUT2D eigenvalue weighted by molar-refractivity contribution is 0.0948. The molecule has 0 unspecified atom stereocenters. The van der Waals surface area contributed by atoms with Crippen LogP contribution in [0.5, 0.6) is 11.5 Å². The fourth-order valence-electron chi connectivity index (χ4n) is 3.20. The Kier molecular flexibility index (Phi) is 5.55. The summed E-state index contributed by atoms with van der Waals surface area (Å²) < 4.78 is 11.9. The first-order chi connectivity index (χ1) is 12.6. The van der Waals surface area contributed by atoms with Gasteiger partial charge in [0.15, 0.2) is 11.5 Å². The SMILES string of the molecule is COc1cccc(C(=O)NCCn2nc3c(cc2=O)CCCC3)c1OC. The highest BCUT2D eigenvalue weighted by molar-refractivity contribution is 5.97. The number of hydrogen-bond donors (Lipinski definition) is 1. The van der Waals surface area contributed by atoms with Crippen LogP contribution in [0.25, 0.3) is 0 Å². The van der Waals surface area contributed by atoms with Gasteiger partial charge in [0.25, 0.3) is 11.5 Å². The average Bonchev–Trinajstić information content (AvgIpc) is 2.67. The molecule has 1 aromatic carbocycles. The number of methoxy groups -OCH3 is 2. The lowest BCUT2D eigenvalue weighted by atomic mass is 9.97. The van der Waals surface area contributed by atoms with Crippen LogP contribution < -0.4 is 20.3 Å². The van der Waals surface area contributed by atoms with Gasteiger partial charge in [-0.15, -0.1) is 0 Å². The van der Waals surface area contributed by atoms with Crippen molar-refractivity contribution in [3.8, 4) is 11.5 Å². The molecule has 3 rings (SSSR count). The Morgan fingerprint density at radius 1 is 1.23 bits per heavy atom. The van der Waals surface area contributed by atoms with Crippen molar-refractivity contribution in [2.45, 2.75) is 32.2 Å². The molecular formula is C19H23N3O4. The molecule has 0 saturated carbocycles. The molecule has 138 valence electrons. The van der Waals surface area contributed by atoms with Gasteiger partial charge in [-0.05, 0) is 43.4 Å². The van der Waals surface area contributed by atoms with Crippen molar-refractivity contribution in [2.75, 3.05) is 20.8 Å². The van der Waals surface area contributed by atoms with Crippen LogP contribution in [0, 0.1) is 0 Å². The molecule has 0 fully saturated rings. The van der Waals surface area contributed by atoms with Crippen LogP contribution in [-0.2, 0) is 19.4 Å². The summed E-state index contributed by atoms with van der Waals surface area (Å²) in [6.45, 7) is 0.620. The van der Waals surface area contributed by atoms with E-state index in [0.717, 1.165) is 36.9 Å². The maximum absolute atomic E-state index is 12.4. The molecule has 1 aliphatic carbocycles. The molecule has 2 aromatic rings. The molecule has 1 heterocycles. The van der Waals surface area contributed by atoms with Crippen LogP contribution in [0.4, 0.5) is 0 Å². The molecule has 1 amide bonds. The second kappa shape index (κ2) is 8.03. The van der Waals surface area contributed by atoms with Crippen molar-refractivity contribution in [2.24, 2.45) is 0 Å². The number of hydrogen-bond acceptors (Lipinski definition) is 5. The molecule has 26 heavy (non-hydrogen) atoms. The number of fused-ring (bicyclic) bond motifs is 1. The predicted octanol–water partition coefficient (Wildman–Crippen LogP) is 1.57. The Morgan fingerprint density at radius 2 is 2.04 bits per heavy atom. The van der Waals surface area contributed by atoms with E-state index in [1.807, 2.05) is 0 Å². The van der Waals surface area contributed by atoms with Crippen molar-refractivity contribution in [1.82, 2.24) is 15.1 Å². The Labute approximate surface area is 151 Å². The minimum absolute atomic E-state index is 0.126. The normalized spacial score (nSPS) is 13.0. The Bertz CT molecular complexity index is 860. The van der Waals surface area contributed by atoms with E-state index < -0.39 is 0 Å². The predicted molar refractivity (Wildman–Crippen MR) is 97.0 cm³/mol. The van der Waals surface area contributed by atoms with E-state index in [1.165, 1.54) is 18.9 Å². The lowest BCUT2D eigenvalue weighted by Gasteiger charge is -2.16. The first-order valence-electron chi connectivity index (χ1n) is 8.73. The third-order valence-corrected chi connectivity index (χ3v) is 4.53. The van der Waals surface area contributed by atoms with Crippen LogP contribution in [0.2, 0.25) is 0 Å². The van der Waals surface area contributed by atoms with Crippen LogP contribution >= 0.6 is 0 Å². The summed E-state index contributed by atoms with van der Waals surface area (Å²) >= 11 is 0. The van der Waals surface area contributed by atoms with Crippen LogP contribution in [0.3, 0.4) is 0 Å². The monoisotopic (exact) mass is 357 g/mol. The molecule has 0 bridgehead atoms. The molecule has 7 heteroatoms. The number of amides is 1. The zero-order chi connectivity index (χ0) is 18.5. The average molecular weight is 357 g/mol. The third-order valence-electron chi connectivity index (χ3n) is 4.53. The van der Waals surface area contributed by atoms with Crippen LogP contribution in [-0.4, -0.2) is 36.5 Å². The van der Waals surface area contributed by atoms with E-state index in [4.69, 9.17) is 9.47 Å². The van der Waals surface area contributed by atoms with Gasteiger partial charge < -0.3 is 14.8 Å². The van der Waals surface area contributed by atoms with Crippen molar-refractivity contribution in [3.05, 3.63) is 51.4 Å². The topological polar surface area (TPSA) is 82.5 Å². The van der Waals surface area contributed by atoms with Gasteiger partial charge >= 0.3 is 0 Å². The van der Waals surface area contributed by atoms with Crippen LogP contribution in [0.15, 0.2) is 29.1 Å². The summed E-state index contributed by atoms with van der Waals surface area (Å²) in [5.41, 5.74) is 2.32. The maximum atomic E-state index is 12.4. The van der Waals surface area contributed by atoms with Crippen molar-refractivity contribution < 1.29 is 14.3 Å². The summed E-state index contributed by atoms with van der Waals surface area (Å²) in [4.78, 5) is 24.6. The number of aryl methyl sites for hydroxylation is 2. The van der Waals surface area contributed by atoms with E-state index in [-0.39, 0.29) is 11.5 Å². The number of benzene rings is 1. The van der Waals surface area contributed by atoms with Crippen molar-refractivity contribution in [3.63, 3.8) is 0 Å². The smallest absolute Gasteiger partial charge is 0.267 e. The first kappa shape index (κ1) is 18.0. The van der Waals surface area contributed by atoms with Gasteiger partial charge in [-0.2, -0.15) is 5.10 Å². The number of nitrogens with zero attached hydrogens (tertiary/aromatic N) is 2. The van der Waals surface area contributed by atoms with E-state index in [0.29, 0.717) is 30.2 Å². The number of carbonyl (C=O) groups is 1. The number of ether oxygens (including phenoxy) is 2. The van der Waals surface area contributed by atoms with Gasteiger partial charge in [-0.3, -0.25) is 9.59 Å². The van der Waals surface area contributed by atoms with Crippen molar-refractivity contribution >= 4 is 5.91 Å². The number of carbonyl (C=O) groups excluding carboxylic acids is 1. The lowest BCUT2D eigenvalue weighted by Crippen LogP contribution is -2.33. The van der Waals surface area contributed by atoms with E-state index in [9.17, 15) is 9.59 Å². The number of aromatic nitrogens is 2. The van der Waals surface area contributed by atoms with E-state index in [2.05, 4.69) is 10.4 Å². The number of rotatable bonds is 6. The summed E-state index contributed by atoms with van der Waals surface area (Å²) in [5, 5.41) is 7.26. The molecule has 1 aromatic heterocycles. The second-order valence-electron chi connectivity index (χ2n) is 6.18. The third kappa shape index (κ3) is 3.71. The fraction of sp³-hybridized carbons (Fsp3) is 0.421. The first-order valence-corrected chi connectivity index (χ1v) is 8.73. The summed E-state index contributed by atoms with van der Waals surface area (Å²) in [7, 11) is 3.01. The number of para-hydroxylation sites is 1. The highest BCUT2D eigenvalue weighted by Crippen LogP contribution is 2.30. The molecule has 7 nitrogen and oxygen atoms in total. The Balaban J connectivity index is 1.67. The van der Waals surface area contributed by atoms with Crippen molar-refractivity contribution in [1.29, 1.82) is 0 Å². The highest BCUT2D eigenvalue weighted by atomic mass is 16.5. The van der Waals surface area contributed by atoms with Gasteiger partial charge in [0.05, 0.1) is 32.0 Å². The van der Waals surface area contributed by atoms with E-state index in [1.54, 1.807) is 24.3 Å². The molecule has 1 aliphatic rings. The quantitative estimate of drug-likeness (QED) is 0.849. The van der Waals surface area contributed by atoms with Crippen LogP contribution in [0.1, 0.15) is 34.5 Å². The van der Waals surface area contributed by atoms with E-state index >= 15 is 0 Å². The molecule has 1 N–H and O–H groups in total. The largest absolute Gasteiger partial charge is 0.493 e. The number of nitrogens with one attached hydrogen (secondary N) is 1. The summed E-state index contributed by atoms with van der Waals surface area (Å²) in [5.74, 6) is 0.594. The zero-order valence-corrected chi connectivity index (χ0v) is 15.1. The van der Waals surface area contributed by atoms with Gasteiger partial charge in [-0.1, -0.05) is 6.07 Å². The molecular weight excluding hydrogens is 334 g/mol. The summed E-state index contributed by atoms with van der Waals surface area (Å²) in [6.07, 6.45) is 4.04. The highest BCUT2D eigenvalue weighted by Gasteiger charge is 2.16. The van der Waals surface area contributed by atoms with Gasteiger partial charge in [0.1, 0.15) is 0 Å². The minimum atomic E-state index is -0.285.